The molecule has 2 amide bonds. The first-order valence-corrected chi connectivity index (χ1v) is 4.39. The predicted molar refractivity (Wildman–Crippen MR) is 45.8 cm³/mol. The van der Waals surface area contributed by atoms with E-state index in [4.69, 9.17) is 5.11 Å². The highest BCUT2D eigenvalue weighted by Crippen LogP contribution is 2.11. The van der Waals surface area contributed by atoms with Crippen LogP contribution in [-0.2, 0) is 9.59 Å². The van der Waals surface area contributed by atoms with E-state index in [1.54, 1.807) is 0 Å². The molecule has 1 atom stereocenters. The highest BCUT2D eigenvalue weighted by atomic mass is 16.3. The molecule has 1 unspecified atom stereocenters. The molecule has 0 saturated carbocycles. The molecule has 0 aromatic carbocycles. The van der Waals surface area contributed by atoms with Crippen LogP contribution in [0, 0.1) is 5.92 Å². The van der Waals surface area contributed by atoms with Crippen LogP contribution in [-0.4, -0.2) is 36.6 Å². The fraction of sp³-hybridized carbons (Fsp3) is 0.750. The number of nitrogens with one attached hydrogen (secondary N) is 2. The average molecular weight is 186 g/mol. The Bertz CT molecular complexity index is 206. The standard InChI is InChI=1S/C8H14N2O3/c11-4-3-10-8(13)6-1-2-9-7(12)5-6/h6,11H,1-5H2,(H,9,12)(H,10,13). The molecule has 1 fully saturated rings. The summed E-state index contributed by atoms with van der Waals surface area (Å²) in [6, 6.07) is 0. The molecule has 5 heteroatoms. The van der Waals surface area contributed by atoms with Gasteiger partial charge in [0, 0.05) is 25.4 Å². The van der Waals surface area contributed by atoms with Gasteiger partial charge in [-0.25, -0.2) is 0 Å². The van der Waals surface area contributed by atoms with Gasteiger partial charge in [-0.2, -0.15) is 0 Å². The molecule has 0 spiro atoms. The summed E-state index contributed by atoms with van der Waals surface area (Å²) in [6.45, 7) is 0.762. The van der Waals surface area contributed by atoms with Crippen molar-refractivity contribution in [2.75, 3.05) is 19.7 Å². The minimum atomic E-state index is -0.222. The summed E-state index contributed by atoms with van der Waals surface area (Å²) in [4.78, 5) is 22.2. The molecule has 0 bridgehead atoms. The maximum Gasteiger partial charge on any atom is 0.223 e. The number of carbonyl (C=O) groups excluding carboxylic acids is 2. The van der Waals surface area contributed by atoms with E-state index < -0.39 is 0 Å². The van der Waals surface area contributed by atoms with Crippen LogP contribution in [0.4, 0.5) is 0 Å². The fourth-order valence-electron chi connectivity index (χ4n) is 1.33. The third-order valence-electron chi connectivity index (χ3n) is 2.03. The van der Waals surface area contributed by atoms with Crippen LogP contribution in [0.15, 0.2) is 0 Å². The Labute approximate surface area is 76.5 Å². The maximum absolute atomic E-state index is 11.3. The van der Waals surface area contributed by atoms with E-state index in [9.17, 15) is 9.59 Å². The first-order chi connectivity index (χ1) is 6.24. The highest BCUT2D eigenvalue weighted by molar-refractivity contribution is 5.86. The lowest BCUT2D eigenvalue weighted by Gasteiger charge is -2.20. The zero-order valence-electron chi connectivity index (χ0n) is 7.38. The molecular formula is C8H14N2O3. The predicted octanol–water partition coefficient (Wildman–Crippen LogP) is -1.38. The lowest BCUT2D eigenvalue weighted by molar-refractivity contribution is -0.132. The average Bonchev–Trinajstić information content (AvgIpc) is 2.14. The van der Waals surface area contributed by atoms with Crippen LogP contribution >= 0.6 is 0 Å². The Morgan fingerprint density at radius 3 is 3.08 bits per heavy atom. The Hall–Kier alpha value is -1.10. The summed E-state index contributed by atoms with van der Waals surface area (Å²) in [5.41, 5.74) is 0. The number of aliphatic hydroxyl groups excluding tert-OH is 1. The van der Waals surface area contributed by atoms with Gasteiger partial charge >= 0.3 is 0 Å². The topological polar surface area (TPSA) is 78.4 Å². The van der Waals surface area contributed by atoms with Crippen LogP contribution in [0.2, 0.25) is 0 Å². The quantitative estimate of drug-likeness (QED) is 0.508. The third-order valence-corrected chi connectivity index (χ3v) is 2.03. The van der Waals surface area contributed by atoms with E-state index in [1.165, 1.54) is 0 Å². The second kappa shape index (κ2) is 4.81. The van der Waals surface area contributed by atoms with Gasteiger partial charge in [-0.1, -0.05) is 0 Å². The zero-order chi connectivity index (χ0) is 9.68. The highest BCUT2D eigenvalue weighted by Gasteiger charge is 2.24. The summed E-state index contributed by atoms with van der Waals surface area (Å²) in [5, 5.41) is 13.7. The van der Waals surface area contributed by atoms with Crippen LogP contribution in [0.3, 0.4) is 0 Å². The normalized spacial score (nSPS) is 22.2. The van der Waals surface area contributed by atoms with E-state index in [2.05, 4.69) is 10.6 Å². The summed E-state index contributed by atoms with van der Waals surface area (Å²) in [5.74, 6) is -0.431. The van der Waals surface area contributed by atoms with Crippen LogP contribution < -0.4 is 10.6 Å². The van der Waals surface area contributed by atoms with Crippen molar-refractivity contribution >= 4 is 11.8 Å². The lowest BCUT2D eigenvalue weighted by Crippen LogP contribution is -2.41. The van der Waals surface area contributed by atoms with Gasteiger partial charge in [0.1, 0.15) is 0 Å². The summed E-state index contributed by atoms with van der Waals surface area (Å²) >= 11 is 0. The number of rotatable bonds is 3. The van der Waals surface area contributed by atoms with Crippen molar-refractivity contribution in [3.05, 3.63) is 0 Å². The van der Waals surface area contributed by atoms with Crippen LogP contribution in [0.1, 0.15) is 12.8 Å². The minimum Gasteiger partial charge on any atom is -0.395 e. The molecule has 3 N–H and O–H groups in total. The van der Waals surface area contributed by atoms with Crippen molar-refractivity contribution in [3.8, 4) is 0 Å². The maximum atomic E-state index is 11.3. The molecule has 0 aliphatic carbocycles. The number of hydrogen-bond donors (Lipinski definition) is 3. The van der Waals surface area contributed by atoms with Gasteiger partial charge in [-0.05, 0) is 6.42 Å². The van der Waals surface area contributed by atoms with Crippen molar-refractivity contribution < 1.29 is 14.7 Å². The Kier molecular flexibility index (Phi) is 3.70. The second-order valence-corrected chi connectivity index (χ2v) is 3.05. The summed E-state index contributed by atoms with van der Waals surface area (Å²) in [7, 11) is 0. The van der Waals surface area contributed by atoms with Gasteiger partial charge in [0.2, 0.25) is 11.8 Å². The van der Waals surface area contributed by atoms with Gasteiger partial charge < -0.3 is 15.7 Å². The van der Waals surface area contributed by atoms with Gasteiger partial charge in [-0.3, -0.25) is 9.59 Å². The van der Waals surface area contributed by atoms with Gasteiger partial charge in [0.05, 0.1) is 6.61 Å². The first-order valence-electron chi connectivity index (χ1n) is 4.39. The van der Waals surface area contributed by atoms with Crippen molar-refractivity contribution in [3.63, 3.8) is 0 Å². The van der Waals surface area contributed by atoms with E-state index >= 15 is 0 Å². The van der Waals surface area contributed by atoms with Crippen molar-refractivity contribution in [2.45, 2.75) is 12.8 Å². The molecule has 1 aliphatic heterocycles. The summed E-state index contributed by atoms with van der Waals surface area (Å²) < 4.78 is 0. The molecule has 74 valence electrons. The monoisotopic (exact) mass is 186 g/mol. The molecule has 0 aromatic heterocycles. The molecule has 0 radical (unpaired) electrons. The number of aliphatic hydroxyl groups is 1. The minimum absolute atomic E-state index is 0.0648. The molecule has 5 nitrogen and oxygen atoms in total. The van der Waals surface area contributed by atoms with Gasteiger partial charge in [0.15, 0.2) is 0 Å². The second-order valence-electron chi connectivity index (χ2n) is 3.05. The molecule has 1 heterocycles. The largest absolute Gasteiger partial charge is 0.395 e. The fourth-order valence-corrected chi connectivity index (χ4v) is 1.33. The van der Waals surface area contributed by atoms with Crippen LogP contribution in [0.25, 0.3) is 0 Å². The third kappa shape index (κ3) is 3.02. The van der Waals surface area contributed by atoms with Crippen molar-refractivity contribution in [1.82, 2.24) is 10.6 Å². The molecule has 13 heavy (non-hydrogen) atoms. The SMILES string of the molecule is O=C1CC(C(=O)NCCO)CCN1. The molecule has 1 rings (SSSR count). The van der Waals surface area contributed by atoms with Crippen molar-refractivity contribution in [1.29, 1.82) is 0 Å². The number of piperidine rings is 1. The van der Waals surface area contributed by atoms with Crippen LogP contribution in [0.5, 0.6) is 0 Å². The van der Waals surface area contributed by atoms with E-state index in [-0.39, 0.29) is 37.3 Å². The lowest BCUT2D eigenvalue weighted by atomic mass is 9.97. The molecule has 0 aromatic rings. The van der Waals surface area contributed by atoms with E-state index in [0.717, 1.165) is 0 Å². The summed E-state index contributed by atoms with van der Waals surface area (Å²) in [6.07, 6.45) is 0.945. The van der Waals surface area contributed by atoms with E-state index in [0.29, 0.717) is 13.0 Å². The Balaban J connectivity index is 2.32. The Morgan fingerprint density at radius 2 is 2.46 bits per heavy atom. The number of carbonyl (C=O) groups is 2. The smallest absolute Gasteiger partial charge is 0.223 e. The molecule has 1 saturated heterocycles. The van der Waals surface area contributed by atoms with Gasteiger partial charge in [0.25, 0.3) is 0 Å². The zero-order valence-corrected chi connectivity index (χ0v) is 7.38. The van der Waals surface area contributed by atoms with Gasteiger partial charge in [-0.15, -0.1) is 0 Å². The Morgan fingerprint density at radius 1 is 1.69 bits per heavy atom. The number of amides is 2. The van der Waals surface area contributed by atoms with E-state index in [1.807, 2.05) is 0 Å². The first kappa shape index (κ1) is 9.98. The molecular weight excluding hydrogens is 172 g/mol. The number of hydrogen-bond acceptors (Lipinski definition) is 3. The molecule has 1 aliphatic rings. The van der Waals surface area contributed by atoms with Crippen molar-refractivity contribution in [2.24, 2.45) is 5.92 Å².